The van der Waals surface area contributed by atoms with Gasteiger partial charge in [0.1, 0.15) is 0 Å². The van der Waals surface area contributed by atoms with Gasteiger partial charge in [0.25, 0.3) is 0 Å². The highest BCUT2D eigenvalue weighted by Crippen LogP contribution is 2.21. The summed E-state index contributed by atoms with van der Waals surface area (Å²) < 4.78 is 16.1. The molecule has 0 bridgehead atoms. The van der Waals surface area contributed by atoms with E-state index < -0.39 is 0 Å². The highest BCUT2D eigenvalue weighted by Gasteiger charge is 2.27. The molecule has 0 spiro atoms. The van der Waals surface area contributed by atoms with Gasteiger partial charge in [-0.05, 0) is 19.1 Å². The lowest BCUT2D eigenvalue weighted by atomic mass is 10.1. The molecule has 23 heavy (non-hydrogen) atoms. The molecular formula is C18H34O4S. The van der Waals surface area contributed by atoms with Crippen LogP contribution in [0.3, 0.4) is 0 Å². The predicted molar refractivity (Wildman–Crippen MR) is 95.8 cm³/mol. The number of hydrogen-bond donors (Lipinski definition) is 0. The van der Waals surface area contributed by atoms with Crippen molar-refractivity contribution in [2.75, 3.05) is 31.3 Å². The van der Waals surface area contributed by atoms with Crippen molar-refractivity contribution >= 4 is 17.7 Å². The first-order chi connectivity index (χ1) is 11.3. The number of ether oxygens (including phenoxy) is 3. The van der Waals surface area contributed by atoms with Gasteiger partial charge < -0.3 is 14.2 Å². The van der Waals surface area contributed by atoms with Crippen LogP contribution >= 0.6 is 11.8 Å². The third-order valence-electron chi connectivity index (χ3n) is 4.00. The fourth-order valence-corrected chi connectivity index (χ4v) is 3.79. The van der Waals surface area contributed by atoms with Crippen LogP contribution in [0, 0.1) is 5.92 Å². The van der Waals surface area contributed by atoms with E-state index in [1.807, 2.05) is 18.7 Å². The second kappa shape index (κ2) is 14.1. The number of esters is 1. The van der Waals surface area contributed by atoms with Gasteiger partial charge in [0, 0.05) is 12.2 Å². The molecule has 1 atom stereocenters. The standard InChI is InChI=1S/C18H34O4S/c1-3-5-6-7-8-9-10-13-23-15-16(18(19)20-4-2)14-17-21-11-12-22-17/h16-17H,3-15H2,1-2H3. The Labute approximate surface area is 146 Å². The average molecular weight is 347 g/mol. The Bertz CT molecular complexity index is 293. The normalized spacial score (nSPS) is 16.6. The summed E-state index contributed by atoms with van der Waals surface area (Å²) in [6.07, 6.45) is 9.66. The zero-order valence-corrected chi connectivity index (χ0v) is 15.7. The van der Waals surface area contributed by atoms with Crippen LogP contribution in [0.2, 0.25) is 0 Å². The van der Waals surface area contributed by atoms with E-state index in [4.69, 9.17) is 14.2 Å². The number of carbonyl (C=O) groups is 1. The van der Waals surface area contributed by atoms with Crippen LogP contribution in [0.5, 0.6) is 0 Å². The van der Waals surface area contributed by atoms with E-state index in [0.717, 1.165) is 11.5 Å². The minimum absolute atomic E-state index is 0.112. The van der Waals surface area contributed by atoms with E-state index >= 15 is 0 Å². The predicted octanol–water partition coefficient (Wildman–Crippen LogP) is 4.41. The van der Waals surface area contributed by atoms with E-state index in [9.17, 15) is 4.79 Å². The summed E-state index contributed by atoms with van der Waals surface area (Å²) in [6, 6.07) is 0. The Balaban J connectivity index is 2.11. The van der Waals surface area contributed by atoms with Crippen LogP contribution in [-0.2, 0) is 19.0 Å². The lowest BCUT2D eigenvalue weighted by Crippen LogP contribution is -2.25. The molecule has 1 saturated heterocycles. The van der Waals surface area contributed by atoms with E-state index in [1.165, 1.54) is 44.9 Å². The Kier molecular flexibility index (Phi) is 12.8. The number of rotatable bonds is 14. The molecule has 1 heterocycles. The molecule has 1 aliphatic heterocycles. The van der Waals surface area contributed by atoms with Crippen molar-refractivity contribution in [3.05, 3.63) is 0 Å². The summed E-state index contributed by atoms with van der Waals surface area (Å²) >= 11 is 1.86. The zero-order chi connectivity index (χ0) is 16.8. The second-order valence-electron chi connectivity index (χ2n) is 6.05. The topological polar surface area (TPSA) is 44.8 Å². The number of carbonyl (C=O) groups excluding carboxylic acids is 1. The molecule has 0 aliphatic carbocycles. The van der Waals surface area contributed by atoms with Crippen molar-refractivity contribution in [1.29, 1.82) is 0 Å². The fraction of sp³-hybridized carbons (Fsp3) is 0.944. The molecule has 0 aromatic heterocycles. The third kappa shape index (κ3) is 10.3. The van der Waals surface area contributed by atoms with Gasteiger partial charge in [-0.3, -0.25) is 4.79 Å². The molecule has 0 aromatic carbocycles. The summed E-state index contributed by atoms with van der Waals surface area (Å²) in [7, 11) is 0. The molecule has 0 aromatic rings. The molecule has 1 rings (SSSR count). The van der Waals surface area contributed by atoms with Crippen LogP contribution in [-0.4, -0.2) is 43.6 Å². The van der Waals surface area contributed by atoms with Gasteiger partial charge in [-0.25, -0.2) is 0 Å². The van der Waals surface area contributed by atoms with E-state index in [2.05, 4.69) is 6.92 Å². The molecule has 136 valence electrons. The van der Waals surface area contributed by atoms with Crippen molar-refractivity contribution < 1.29 is 19.0 Å². The van der Waals surface area contributed by atoms with Crippen LogP contribution < -0.4 is 0 Å². The largest absolute Gasteiger partial charge is 0.466 e. The maximum Gasteiger partial charge on any atom is 0.309 e. The van der Waals surface area contributed by atoms with E-state index in [1.54, 1.807) is 0 Å². The highest BCUT2D eigenvalue weighted by atomic mass is 32.2. The molecule has 0 radical (unpaired) electrons. The molecule has 0 saturated carbocycles. The molecule has 1 unspecified atom stereocenters. The lowest BCUT2D eigenvalue weighted by Gasteiger charge is -2.18. The Morgan fingerprint density at radius 2 is 1.74 bits per heavy atom. The Morgan fingerprint density at radius 1 is 1.09 bits per heavy atom. The summed E-state index contributed by atoms with van der Waals surface area (Å²) in [5, 5.41) is 0. The van der Waals surface area contributed by atoms with E-state index in [0.29, 0.717) is 26.2 Å². The quantitative estimate of drug-likeness (QED) is 0.344. The van der Waals surface area contributed by atoms with Crippen molar-refractivity contribution in [3.63, 3.8) is 0 Å². The molecular weight excluding hydrogens is 312 g/mol. The number of hydrogen-bond acceptors (Lipinski definition) is 5. The lowest BCUT2D eigenvalue weighted by molar-refractivity contribution is -0.150. The van der Waals surface area contributed by atoms with Gasteiger partial charge in [-0.15, -0.1) is 0 Å². The van der Waals surface area contributed by atoms with Gasteiger partial charge in [0.15, 0.2) is 6.29 Å². The monoisotopic (exact) mass is 346 g/mol. The molecule has 0 amide bonds. The summed E-state index contributed by atoms with van der Waals surface area (Å²) in [6.45, 7) is 5.79. The van der Waals surface area contributed by atoms with Crippen LogP contribution in [0.1, 0.15) is 65.2 Å². The molecule has 5 heteroatoms. The SMILES string of the molecule is CCCCCCCCCSCC(CC1OCCO1)C(=O)OCC. The minimum Gasteiger partial charge on any atom is -0.466 e. The first kappa shape index (κ1) is 20.8. The second-order valence-corrected chi connectivity index (χ2v) is 7.20. The Hall–Kier alpha value is -0.260. The summed E-state index contributed by atoms with van der Waals surface area (Å²) in [5.41, 5.74) is 0. The first-order valence-corrected chi connectivity index (χ1v) is 10.4. The van der Waals surface area contributed by atoms with Crippen molar-refractivity contribution in [1.82, 2.24) is 0 Å². The van der Waals surface area contributed by atoms with Crippen LogP contribution in [0.4, 0.5) is 0 Å². The van der Waals surface area contributed by atoms with Gasteiger partial charge in [0.2, 0.25) is 0 Å². The van der Waals surface area contributed by atoms with Gasteiger partial charge in [-0.1, -0.05) is 45.4 Å². The molecule has 0 N–H and O–H groups in total. The fourth-order valence-electron chi connectivity index (χ4n) is 2.65. The van der Waals surface area contributed by atoms with Gasteiger partial charge in [0.05, 0.1) is 25.7 Å². The van der Waals surface area contributed by atoms with Crippen LogP contribution in [0.15, 0.2) is 0 Å². The van der Waals surface area contributed by atoms with Crippen LogP contribution in [0.25, 0.3) is 0 Å². The summed E-state index contributed by atoms with van der Waals surface area (Å²) in [5.74, 6) is 1.69. The van der Waals surface area contributed by atoms with Gasteiger partial charge >= 0.3 is 5.97 Å². The number of unbranched alkanes of at least 4 members (excludes halogenated alkanes) is 6. The molecule has 1 aliphatic rings. The van der Waals surface area contributed by atoms with Crippen molar-refractivity contribution in [2.45, 2.75) is 71.5 Å². The molecule has 4 nitrogen and oxygen atoms in total. The number of thioether (sulfide) groups is 1. The highest BCUT2D eigenvalue weighted by molar-refractivity contribution is 7.99. The average Bonchev–Trinajstić information content (AvgIpc) is 3.05. The summed E-state index contributed by atoms with van der Waals surface area (Å²) in [4.78, 5) is 12.1. The minimum atomic E-state index is -0.233. The maximum atomic E-state index is 12.1. The Morgan fingerprint density at radius 3 is 2.39 bits per heavy atom. The molecule has 1 fully saturated rings. The first-order valence-electron chi connectivity index (χ1n) is 9.25. The maximum absolute atomic E-state index is 12.1. The van der Waals surface area contributed by atoms with Crippen molar-refractivity contribution in [2.24, 2.45) is 5.92 Å². The zero-order valence-electron chi connectivity index (χ0n) is 14.9. The smallest absolute Gasteiger partial charge is 0.309 e. The third-order valence-corrected chi connectivity index (χ3v) is 5.21. The van der Waals surface area contributed by atoms with Crippen molar-refractivity contribution in [3.8, 4) is 0 Å². The van der Waals surface area contributed by atoms with Gasteiger partial charge in [-0.2, -0.15) is 11.8 Å². The van der Waals surface area contributed by atoms with E-state index in [-0.39, 0.29) is 18.2 Å².